The highest BCUT2D eigenvalue weighted by molar-refractivity contribution is 6.33. The van der Waals surface area contributed by atoms with E-state index in [1.165, 1.54) is 30.3 Å². The van der Waals surface area contributed by atoms with Gasteiger partial charge in [-0.25, -0.2) is 0 Å². The molecule has 2 heterocycles. The summed E-state index contributed by atoms with van der Waals surface area (Å²) < 4.78 is 12.6. The van der Waals surface area contributed by atoms with E-state index < -0.39 is 10.8 Å². The number of ether oxygens (including phenoxy) is 1. The number of nitro benzene ring substituents is 1. The Labute approximate surface area is 197 Å². The molecule has 0 saturated carbocycles. The first kappa shape index (κ1) is 22.4. The minimum absolute atomic E-state index is 0.0349. The number of amides is 1. The van der Waals surface area contributed by atoms with Crippen LogP contribution in [0, 0.1) is 10.1 Å². The first-order valence-corrected chi connectivity index (χ1v) is 10.4. The number of furan rings is 1. The molecule has 0 radical (unpaired) electrons. The van der Waals surface area contributed by atoms with Gasteiger partial charge >= 0.3 is 0 Å². The molecule has 168 valence electrons. The van der Waals surface area contributed by atoms with Crippen molar-refractivity contribution in [1.82, 2.24) is 9.78 Å². The molecule has 0 spiro atoms. The lowest BCUT2D eigenvalue weighted by molar-refractivity contribution is -0.384. The molecular formula is C22H16Cl2N4O5. The maximum atomic E-state index is 12.5. The molecule has 0 unspecified atom stereocenters. The van der Waals surface area contributed by atoms with Crippen molar-refractivity contribution in [3.63, 3.8) is 0 Å². The van der Waals surface area contributed by atoms with E-state index in [1.54, 1.807) is 23.0 Å². The molecule has 1 N–H and O–H groups in total. The molecule has 0 saturated heterocycles. The zero-order valence-corrected chi connectivity index (χ0v) is 18.4. The van der Waals surface area contributed by atoms with Gasteiger partial charge in [0, 0.05) is 23.4 Å². The van der Waals surface area contributed by atoms with Gasteiger partial charge in [0.1, 0.15) is 23.1 Å². The SMILES string of the molecule is O=C(Nc1nn(Cc2ccccc2Cl)cc1Cl)c1ccc(COc2ccc([N+](=O)[O-])cc2)o1. The fourth-order valence-electron chi connectivity index (χ4n) is 2.93. The Morgan fingerprint density at radius 3 is 2.58 bits per heavy atom. The van der Waals surface area contributed by atoms with Crippen LogP contribution in [0.15, 0.2) is 71.3 Å². The Balaban J connectivity index is 1.36. The second kappa shape index (κ2) is 9.76. The van der Waals surface area contributed by atoms with E-state index >= 15 is 0 Å². The number of anilines is 1. The van der Waals surface area contributed by atoms with Crippen LogP contribution < -0.4 is 10.1 Å². The highest BCUT2D eigenvalue weighted by atomic mass is 35.5. The van der Waals surface area contributed by atoms with E-state index in [2.05, 4.69) is 10.4 Å². The third kappa shape index (κ3) is 5.51. The number of carbonyl (C=O) groups excluding carboxylic acids is 1. The van der Waals surface area contributed by atoms with Crippen molar-refractivity contribution in [2.24, 2.45) is 0 Å². The number of nitrogens with zero attached hydrogens (tertiary/aromatic N) is 3. The Kier molecular flexibility index (Phi) is 6.62. The van der Waals surface area contributed by atoms with Gasteiger partial charge < -0.3 is 14.5 Å². The largest absolute Gasteiger partial charge is 0.486 e. The number of hydrogen-bond donors (Lipinski definition) is 1. The van der Waals surface area contributed by atoms with Gasteiger partial charge in [-0.1, -0.05) is 41.4 Å². The predicted octanol–water partition coefficient (Wildman–Crippen LogP) is 5.57. The fraction of sp³-hybridized carbons (Fsp3) is 0.0909. The van der Waals surface area contributed by atoms with Crippen LogP contribution in [-0.4, -0.2) is 20.6 Å². The van der Waals surface area contributed by atoms with Gasteiger partial charge in [0.25, 0.3) is 11.6 Å². The Morgan fingerprint density at radius 1 is 1.09 bits per heavy atom. The van der Waals surface area contributed by atoms with Crippen LogP contribution in [-0.2, 0) is 13.2 Å². The van der Waals surface area contributed by atoms with Crippen molar-refractivity contribution in [3.8, 4) is 5.75 Å². The molecule has 9 nitrogen and oxygen atoms in total. The van der Waals surface area contributed by atoms with Crippen molar-refractivity contribution in [2.75, 3.05) is 5.32 Å². The van der Waals surface area contributed by atoms with Crippen molar-refractivity contribution < 1.29 is 18.9 Å². The van der Waals surface area contributed by atoms with Crippen LogP contribution in [0.2, 0.25) is 10.0 Å². The Morgan fingerprint density at radius 2 is 1.85 bits per heavy atom. The van der Waals surface area contributed by atoms with Gasteiger partial charge in [0.2, 0.25) is 0 Å². The van der Waals surface area contributed by atoms with E-state index in [0.717, 1.165) is 5.56 Å². The standard InChI is InChI=1S/C22H16Cl2N4O5/c23-18-4-2-1-3-14(18)11-27-12-19(24)21(26-27)25-22(29)20-10-9-17(33-20)13-32-16-7-5-15(6-8-16)28(30)31/h1-10,12H,11,13H2,(H,25,26,29). The van der Waals surface area contributed by atoms with Crippen molar-refractivity contribution in [3.05, 3.63) is 104 Å². The van der Waals surface area contributed by atoms with Crippen LogP contribution in [0.1, 0.15) is 21.9 Å². The Bertz CT molecular complexity index is 1300. The number of carbonyl (C=O) groups is 1. The molecule has 0 aliphatic rings. The van der Waals surface area contributed by atoms with E-state index in [1.807, 2.05) is 18.2 Å². The molecule has 2 aromatic carbocycles. The van der Waals surface area contributed by atoms with Crippen molar-refractivity contribution in [2.45, 2.75) is 13.2 Å². The monoisotopic (exact) mass is 486 g/mol. The van der Waals surface area contributed by atoms with Crippen LogP contribution in [0.4, 0.5) is 11.5 Å². The third-order valence-corrected chi connectivity index (χ3v) is 5.20. The maximum absolute atomic E-state index is 12.5. The molecule has 1 amide bonds. The number of rotatable bonds is 8. The van der Waals surface area contributed by atoms with E-state index in [-0.39, 0.29) is 28.9 Å². The normalized spacial score (nSPS) is 10.7. The maximum Gasteiger partial charge on any atom is 0.292 e. The van der Waals surface area contributed by atoms with Crippen LogP contribution in [0.25, 0.3) is 0 Å². The summed E-state index contributed by atoms with van der Waals surface area (Å²) in [5.41, 5.74) is 0.826. The first-order valence-electron chi connectivity index (χ1n) is 9.63. The number of aromatic nitrogens is 2. The number of non-ortho nitro benzene ring substituents is 1. The summed E-state index contributed by atoms with van der Waals surface area (Å²) in [4.78, 5) is 22.7. The summed E-state index contributed by atoms with van der Waals surface area (Å²) in [6, 6.07) is 16.1. The van der Waals surface area contributed by atoms with Gasteiger partial charge in [-0.05, 0) is 35.9 Å². The second-order valence-electron chi connectivity index (χ2n) is 6.87. The summed E-state index contributed by atoms with van der Waals surface area (Å²) in [6.07, 6.45) is 1.59. The van der Waals surface area contributed by atoms with Crippen LogP contribution in [0.5, 0.6) is 5.75 Å². The van der Waals surface area contributed by atoms with E-state index in [9.17, 15) is 14.9 Å². The lowest BCUT2D eigenvalue weighted by Crippen LogP contribution is -2.12. The van der Waals surface area contributed by atoms with E-state index in [0.29, 0.717) is 23.1 Å². The number of benzene rings is 2. The van der Waals surface area contributed by atoms with Crippen molar-refractivity contribution in [1.29, 1.82) is 0 Å². The molecule has 33 heavy (non-hydrogen) atoms. The molecule has 11 heteroatoms. The van der Waals surface area contributed by atoms with Crippen LogP contribution in [0.3, 0.4) is 0 Å². The van der Waals surface area contributed by atoms with E-state index in [4.69, 9.17) is 32.4 Å². The second-order valence-corrected chi connectivity index (χ2v) is 7.69. The quantitative estimate of drug-likeness (QED) is 0.257. The molecule has 0 atom stereocenters. The molecule has 0 fully saturated rings. The number of nitro groups is 1. The van der Waals surface area contributed by atoms with Gasteiger partial charge in [0.05, 0.1) is 11.5 Å². The first-order chi connectivity index (χ1) is 15.9. The number of halogens is 2. The fourth-order valence-corrected chi connectivity index (χ4v) is 3.32. The minimum Gasteiger partial charge on any atom is -0.486 e. The Hall–Kier alpha value is -3.82. The van der Waals surface area contributed by atoms with Gasteiger partial charge in [-0.2, -0.15) is 5.10 Å². The summed E-state index contributed by atoms with van der Waals surface area (Å²) in [5, 5.41) is 18.5. The summed E-state index contributed by atoms with van der Waals surface area (Å²) in [5.74, 6) is 0.539. The predicted molar refractivity (Wildman–Crippen MR) is 122 cm³/mol. The molecule has 4 rings (SSSR count). The van der Waals surface area contributed by atoms with Crippen molar-refractivity contribution >= 4 is 40.6 Å². The number of hydrogen-bond acceptors (Lipinski definition) is 6. The number of nitrogens with one attached hydrogen (secondary N) is 1. The zero-order chi connectivity index (χ0) is 23.4. The molecule has 2 aromatic heterocycles. The lowest BCUT2D eigenvalue weighted by Gasteiger charge is -2.04. The highest BCUT2D eigenvalue weighted by Gasteiger charge is 2.16. The summed E-state index contributed by atoms with van der Waals surface area (Å²) >= 11 is 12.4. The molecule has 4 aromatic rings. The topological polar surface area (TPSA) is 112 Å². The van der Waals surface area contributed by atoms with Gasteiger partial charge in [-0.15, -0.1) is 0 Å². The average molecular weight is 487 g/mol. The lowest BCUT2D eigenvalue weighted by atomic mass is 10.2. The van der Waals surface area contributed by atoms with Gasteiger partial charge in [0.15, 0.2) is 11.6 Å². The highest BCUT2D eigenvalue weighted by Crippen LogP contribution is 2.23. The smallest absolute Gasteiger partial charge is 0.292 e. The summed E-state index contributed by atoms with van der Waals surface area (Å²) in [7, 11) is 0. The van der Waals surface area contributed by atoms with Crippen LogP contribution >= 0.6 is 23.2 Å². The summed E-state index contributed by atoms with van der Waals surface area (Å²) in [6.45, 7) is 0.429. The molecule has 0 bridgehead atoms. The third-order valence-electron chi connectivity index (χ3n) is 4.55. The zero-order valence-electron chi connectivity index (χ0n) is 16.9. The molecule has 0 aliphatic heterocycles. The molecule has 0 aliphatic carbocycles. The minimum atomic E-state index is -0.526. The van der Waals surface area contributed by atoms with Gasteiger partial charge in [-0.3, -0.25) is 19.6 Å². The molecular weight excluding hydrogens is 471 g/mol. The average Bonchev–Trinajstić information content (AvgIpc) is 3.41.